The van der Waals surface area contributed by atoms with Gasteiger partial charge in [0.05, 0.1) is 5.69 Å². The number of rotatable bonds is 3. The average molecular weight is 340 g/mol. The first-order valence-electron chi connectivity index (χ1n) is 9.11. The lowest BCUT2D eigenvalue weighted by molar-refractivity contribution is -0.135. The smallest absolute Gasteiger partial charge is 0.250 e. The average Bonchev–Trinajstić information content (AvgIpc) is 3.34. The van der Waals surface area contributed by atoms with Crippen molar-refractivity contribution in [1.29, 1.82) is 0 Å². The lowest BCUT2D eigenvalue weighted by atomic mass is 9.95. The third-order valence-corrected chi connectivity index (χ3v) is 5.28. The third-order valence-electron chi connectivity index (χ3n) is 5.28. The SMILES string of the molecule is Cc1ccc(-n2nnnc2N2CCC(C(=O)N3CCCC3)CC2)cc1. The number of aryl methyl sites for hydroxylation is 1. The number of amides is 1. The molecule has 0 radical (unpaired) electrons. The summed E-state index contributed by atoms with van der Waals surface area (Å²) in [4.78, 5) is 16.8. The second-order valence-electron chi connectivity index (χ2n) is 7.02. The Labute approximate surface area is 147 Å². The number of carbonyl (C=O) groups is 1. The van der Waals surface area contributed by atoms with Crippen molar-refractivity contribution in [2.45, 2.75) is 32.6 Å². The minimum atomic E-state index is 0.151. The number of hydrogen-bond acceptors (Lipinski definition) is 5. The Morgan fingerprint density at radius 3 is 2.40 bits per heavy atom. The molecule has 2 aliphatic rings. The van der Waals surface area contributed by atoms with Crippen LogP contribution in [-0.2, 0) is 4.79 Å². The van der Waals surface area contributed by atoms with E-state index in [2.05, 4.69) is 39.5 Å². The van der Waals surface area contributed by atoms with Gasteiger partial charge in [0.15, 0.2) is 0 Å². The lowest BCUT2D eigenvalue weighted by Crippen LogP contribution is -2.42. The quantitative estimate of drug-likeness (QED) is 0.852. The second-order valence-corrected chi connectivity index (χ2v) is 7.02. The molecule has 2 aliphatic heterocycles. The molecule has 0 N–H and O–H groups in total. The van der Waals surface area contributed by atoms with E-state index in [4.69, 9.17) is 0 Å². The van der Waals surface area contributed by atoms with Crippen LogP contribution in [0.25, 0.3) is 5.69 Å². The number of benzene rings is 1. The van der Waals surface area contributed by atoms with Crippen LogP contribution in [0.15, 0.2) is 24.3 Å². The molecule has 0 spiro atoms. The molecule has 2 saturated heterocycles. The maximum Gasteiger partial charge on any atom is 0.250 e. The van der Waals surface area contributed by atoms with Gasteiger partial charge < -0.3 is 9.80 Å². The van der Waals surface area contributed by atoms with Crippen LogP contribution in [0.3, 0.4) is 0 Å². The van der Waals surface area contributed by atoms with Gasteiger partial charge in [0.25, 0.3) is 0 Å². The van der Waals surface area contributed by atoms with Crippen LogP contribution in [0.1, 0.15) is 31.2 Å². The van der Waals surface area contributed by atoms with Crippen molar-refractivity contribution in [1.82, 2.24) is 25.1 Å². The predicted molar refractivity (Wildman–Crippen MR) is 94.6 cm³/mol. The molecule has 1 aromatic carbocycles. The number of tetrazole rings is 1. The second kappa shape index (κ2) is 6.82. The molecular weight excluding hydrogens is 316 g/mol. The molecule has 3 heterocycles. The Morgan fingerprint density at radius 2 is 1.72 bits per heavy atom. The van der Waals surface area contributed by atoms with Gasteiger partial charge in [0.1, 0.15) is 0 Å². The monoisotopic (exact) mass is 340 g/mol. The van der Waals surface area contributed by atoms with Gasteiger partial charge >= 0.3 is 0 Å². The molecule has 25 heavy (non-hydrogen) atoms. The van der Waals surface area contributed by atoms with Gasteiger partial charge in [0, 0.05) is 32.1 Å². The van der Waals surface area contributed by atoms with E-state index in [1.807, 2.05) is 17.0 Å². The van der Waals surface area contributed by atoms with Crippen molar-refractivity contribution in [3.05, 3.63) is 29.8 Å². The van der Waals surface area contributed by atoms with Crippen LogP contribution >= 0.6 is 0 Å². The highest BCUT2D eigenvalue weighted by Crippen LogP contribution is 2.25. The number of aromatic nitrogens is 4. The fraction of sp³-hybridized carbons (Fsp3) is 0.556. The molecule has 1 aromatic heterocycles. The van der Waals surface area contributed by atoms with Crippen LogP contribution in [0, 0.1) is 12.8 Å². The zero-order valence-electron chi connectivity index (χ0n) is 14.6. The molecule has 0 aliphatic carbocycles. The van der Waals surface area contributed by atoms with Crippen molar-refractivity contribution < 1.29 is 4.79 Å². The van der Waals surface area contributed by atoms with E-state index >= 15 is 0 Å². The van der Waals surface area contributed by atoms with E-state index in [-0.39, 0.29) is 5.92 Å². The molecule has 0 bridgehead atoms. The molecule has 132 valence electrons. The highest BCUT2D eigenvalue weighted by Gasteiger charge is 2.31. The first kappa shape index (κ1) is 16.1. The highest BCUT2D eigenvalue weighted by atomic mass is 16.2. The normalized spacial score (nSPS) is 18.8. The maximum absolute atomic E-state index is 12.6. The van der Waals surface area contributed by atoms with Crippen molar-refractivity contribution in [3.8, 4) is 5.69 Å². The van der Waals surface area contributed by atoms with Crippen molar-refractivity contribution in [2.24, 2.45) is 5.92 Å². The number of nitrogens with zero attached hydrogens (tertiary/aromatic N) is 6. The molecule has 4 rings (SSSR count). The van der Waals surface area contributed by atoms with Gasteiger partial charge in [-0.05, 0) is 55.2 Å². The van der Waals surface area contributed by atoms with E-state index in [0.29, 0.717) is 5.91 Å². The standard InChI is InChI=1S/C18H24N6O/c1-14-4-6-16(7-5-14)24-18(19-20-21-24)23-12-8-15(9-13-23)17(25)22-10-2-3-11-22/h4-7,15H,2-3,8-13H2,1H3. The molecule has 2 aromatic rings. The summed E-state index contributed by atoms with van der Waals surface area (Å²) in [5.74, 6) is 1.25. The number of hydrogen-bond donors (Lipinski definition) is 0. The highest BCUT2D eigenvalue weighted by molar-refractivity contribution is 5.79. The maximum atomic E-state index is 12.6. The van der Waals surface area contributed by atoms with Crippen LogP contribution < -0.4 is 4.90 Å². The van der Waals surface area contributed by atoms with Crippen LogP contribution in [0.5, 0.6) is 0 Å². The Kier molecular flexibility index (Phi) is 4.38. The van der Waals surface area contributed by atoms with E-state index in [1.54, 1.807) is 4.68 Å². The van der Waals surface area contributed by atoms with Gasteiger partial charge in [-0.3, -0.25) is 4.79 Å². The van der Waals surface area contributed by atoms with Gasteiger partial charge in [0.2, 0.25) is 11.9 Å². The summed E-state index contributed by atoms with van der Waals surface area (Å²) >= 11 is 0. The Hall–Kier alpha value is -2.44. The Balaban J connectivity index is 1.44. The summed E-state index contributed by atoms with van der Waals surface area (Å²) < 4.78 is 1.78. The van der Waals surface area contributed by atoms with E-state index in [1.165, 1.54) is 5.56 Å². The minimum Gasteiger partial charge on any atom is -0.342 e. The Morgan fingerprint density at radius 1 is 1.04 bits per heavy atom. The van der Waals surface area contributed by atoms with E-state index in [9.17, 15) is 4.79 Å². The summed E-state index contributed by atoms with van der Waals surface area (Å²) in [6.07, 6.45) is 4.04. The molecule has 0 saturated carbocycles. The van der Waals surface area contributed by atoms with Crippen LogP contribution in [-0.4, -0.2) is 57.2 Å². The first-order chi connectivity index (χ1) is 12.2. The summed E-state index contributed by atoms with van der Waals surface area (Å²) in [5, 5.41) is 12.2. The number of likely N-dealkylation sites (tertiary alicyclic amines) is 1. The summed E-state index contributed by atoms with van der Waals surface area (Å²) in [6, 6.07) is 8.17. The van der Waals surface area contributed by atoms with Gasteiger partial charge in [-0.1, -0.05) is 22.8 Å². The van der Waals surface area contributed by atoms with Crippen molar-refractivity contribution >= 4 is 11.9 Å². The largest absolute Gasteiger partial charge is 0.342 e. The molecular formula is C18H24N6O. The van der Waals surface area contributed by atoms with E-state index < -0.39 is 0 Å². The first-order valence-corrected chi connectivity index (χ1v) is 9.11. The van der Waals surface area contributed by atoms with Crippen molar-refractivity contribution in [3.63, 3.8) is 0 Å². The van der Waals surface area contributed by atoms with Gasteiger partial charge in [-0.2, -0.15) is 4.68 Å². The predicted octanol–water partition coefficient (Wildman–Crippen LogP) is 1.81. The Bertz CT molecular complexity index is 726. The molecule has 7 heteroatoms. The molecule has 0 unspecified atom stereocenters. The zero-order valence-corrected chi connectivity index (χ0v) is 14.6. The fourth-order valence-corrected chi connectivity index (χ4v) is 3.75. The summed E-state index contributed by atoms with van der Waals surface area (Å²) in [7, 11) is 0. The van der Waals surface area contributed by atoms with Crippen molar-refractivity contribution in [2.75, 3.05) is 31.1 Å². The topological polar surface area (TPSA) is 67.2 Å². The lowest BCUT2D eigenvalue weighted by Gasteiger charge is -2.33. The molecule has 0 atom stereocenters. The minimum absolute atomic E-state index is 0.151. The number of anilines is 1. The summed E-state index contributed by atoms with van der Waals surface area (Å²) in [6.45, 7) is 5.56. The number of carbonyl (C=O) groups excluding carboxylic acids is 1. The third kappa shape index (κ3) is 3.23. The fourth-order valence-electron chi connectivity index (χ4n) is 3.75. The molecule has 2 fully saturated rings. The zero-order chi connectivity index (χ0) is 17.2. The number of piperidine rings is 1. The molecule has 1 amide bonds. The van der Waals surface area contributed by atoms with Crippen LogP contribution in [0.4, 0.5) is 5.95 Å². The molecule has 7 nitrogen and oxygen atoms in total. The van der Waals surface area contributed by atoms with Crippen LogP contribution in [0.2, 0.25) is 0 Å². The van der Waals surface area contributed by atoms with E-state index in [0.717, 1.165) is 63.5 Å². The van der Waals surface area contributed by atoms with Gasteiger partial charge in [-0.15, -0.1) is 0 Å². The summed E-state index contributed by atoms with van der Waals surface area (Å²) in [5.41, 5.74) is 2.17. The van der Waals surface area contributed by atoms with Gasteiger partial charge in [-0.25, -0.2) is 0 Å².